The minimum absolute atomic E-state index is 0.000128. The topological polar surface area (TPSA) is 60.4 Å². The third-order valence-electron chi connectivity index (χ3n) is 7.05. The van der Waals surface area contributed by atoms with Gasteiger partial charge in [0, 0.05) is 18.4 Å². The van der Waals surface area contributed by atoms with Crippen LogP contribution >= 0.6 is 0 Å². The van der Waals surface area contributed by atoms with Crippen molar-refractivity contribution in [1.29, 1.82) is 0 Å². The molecule has 1 aromatic carbocycles. The van der Waals surface area contributed by atoms with Gasteiger partial charge >= 0.3 is 5.91 Å². The molecule has 0 saturated carbocycles. The molecule has 1 aliphatic heterocycles. The standard InChI is InChI=1S/C25H40N3O4S/c1-12-28(10)17-19(3)16-25(28,4)18-27(8,9)24(29)20-14-23(33(30,31)13-2)21(26(5,6)7)15-22(20)32-11/h5,8,10,14-15,19H,12-13,16-18H2,1-4,6-7,9,11H3/q+3. The number of carbonyl (C=O) groups excluding carboxylic acids is 1. The molecule has 8 heteroatoms. The maximum atomic E-state index is 13.8. The van der Waals surface area contributed by atoms with E-state index < -0.39 is 25.8 Å². The molecule has 1 amide bonds. The van der Waals surface area contributed by atoms with Crippen LogP contribution in [0.2, 0.25) is 0 Å². The first-order chi connectivity index (χ1) is 14.9. The van der Waals surface area contributed by atoms with Gasteiger partial charge in [0.05, 0.1) is 47.1 Å². The first-order valence-corrected chi connectivity index (χ1v) is 13.0. The van der Waals surface area contributed by atoms with Crippen LogP contribution in [0, 0.1) is 27.1 Å². The van der Waals surface area contributed by atoms with Gasteiger partial charge in [-0.25, -0.2) is 17.7 Å². The molecule has 0 aliphatic carbocycles. The molecule has 1 aromatic rings. The van der Waals surface area contributed by atoms with Gasteiger partial charge in [-0.1, -0.05) is 13.8 Å². The van der Waals surface area contributed by atoms with Crippen molar-refractivity contribution in [1.82, 2.24) is 4.48 Å². The Morgan fingerprint density at radius 1 is 1.24 bits per heavy atom. The number of likely N-dealkylation sites (N-methyl/N-ethyl adjacent to an activating group) is 2. The van der Waals surface area contributed by atoms with Crippen LogP contribution in [-0.4, -0.2) is 82.5 Å². The van der Waals surface area contributed by atoms with Crippen LogP contribution in [0.5, 0.6) is 5.75 Å². The molecule has 0 spiro atoms. The Morgan fingerprint density at radius 3 is 2.27 bits per heavy atom. The van der Waals surface area contributed by atoms with E-state index in [0.717, 1.165) is 19.5 Å². The van der Waals surface area contributed by atoms with Crippen LogP contribution in [0.25, 0.3) is 0 Å². The smallest absolute Gasteiger partial charge is 0.350 e. The number of sulfone groups is 1. The number of rotatable bonds is 8. The van der Waals surface area contributed by atoms with E-state index in [-0.39, 0.29) is 26.4 Å². The summed E-state index contributed by atoms with van der Waals surface area (Å²) in [5.74, 6) is 0.0471. The van der Waals surface area contributed by atoms with E-state index in [4.69, 9.17) is 25.9 Å². The highest BCUT2D eigenvalue weighted by molar-refractivity contribution is 7.91. The van der Waals surface area contributed by atoms with Gasteiger partial charge < -0.3 is 9.22 Å². The van der Waals surface area contributed by atoms with Crippen molar-refractivity contribution in [2.45, 2.75) is 44.6 Å². The molecule has 2 rings (SSSR count). The molecule has 6 radical (unpaired) electrons. The lowest BCUT2D eigenvalue weighted by Gasteiger charge is -2.44. The second-order valence-electron chi connectivity index (χ2n) is 10.5. The monoisotopic (exact) mass is 478 g/mol. The molecule has 1 aliphatic rings. The average Bonchev–Trinajstić information content (AvgIpc) is 2.92. The highest BCUT2D eigenvalue weighted by Gasteiger charge is 2.56. The summed E-state index contributed by atoms with van der Waals surface area (Å²) < 4.78 is 30.9. The molecule has 7 nitrogen and oxygen atoms in total. The zero-order valence-electron chi connectivity index (χ0n) is 21.4. The van der Waals surface area contributed by atoms with E-state index in [9.17, 15) is 13.2 Å². The van der Waals surface area contributed by atoms with Gasteiger partial charge in [0.25, 0.3) is 0 Å². The molecule has 4 unspecified atom stereocenters. The highest BCUT2D eigenvalue weighted by Crippen LogP contribution is 2.42. The summed E-state index contributed by atoms with van der Waals surface area (Å²) in [4.78, 5) is 13.8. The van der Waals surface area contributed by atoms with Gasteiger partial charge in [-0.2, -0.15) is 0 Å². The minimum Gasteiger partial charge on any atom is -0.496 e. The van der Waals surface area contributed by atoms with Crippen molar-refractivity contribution in [2.75, 3.05) is 53.6 Å². The summed E-state index contributed by atoms with van der Waals surface area (Å²) in [6.45, 7) is 9.63. The Morgan fingerprint density at radius 2 is 1.82 bits per heavy atom. The van der Waals surface area contributed by atoms with Gasteiger partial charge in [0.1, 0.15) is 28.3 Å². The fourth-order valence-electron chi connectivity index (χ4n) is 5.28. The predicted octanol–water partition coefficient (Wildman–Crippen LogP) is 3.28. The van der Waals surface area contributed by atoms with E-state index in [2.05, 4.69) is 13.8 Å². The number of likely N-dealkylation sites (tertiary alicyclic amines) is 1. The second kappa shape index (κ2) is 8.95. The van der Waals surface area contributed by atoms with Crippen molar-refractivity contribution in [2.24, 2.45) is 5.92 Å². The summed E-state index contributed by atoms with van der Waals surface area (Å²) >= 11 is 0. The van der Waals surface area contributed by atoms with E-state index >= 15 is 0 Å². The predicted molar refractivity (Wildman–Crippen MR) is 130 cm³/mol. The number of amides is 1. The fraction of sp³-hybridized carbons (Fsp3) is 0.600. The summed E-state index contributed by atoms with van der Waals surface area (Å²) in [5, 5.41) is 0. The van der Waals surface area contributed by atoms with Crippen molar-refractivity contribution in [3.63, 3.8) is 0 Å². The van der Waals surface area contributed by atoms with Gasteiger partial charge in [-0.15, -0.1) is 0 Å². The normalized spacial score (nSPS) is 26.5. The summed E-state index contributed by atoms with van der Waals surface area (Å²) in [5.41, 5.74) is 0.0132. The molecule has 4 atom stereocenters. The van der Waals surface area contributed by atoms with Crippen molar-refractivity contribution in [3.05, 3.63) is 38.8 Å². The third-order valence-corrected chi connectivity index (χ3v) is 8.80. The first kappa shape index (κ1) is 27.8. The number of benzene rings is 1. The summed E-state index contributed by atoms with van der Waals surface area (Å²) in [6.07, 6.45) is 0.833. The Hall–Kier alpha value is -1.48. The van der Waals surface area contributed by atoms with Gasteiger partial charge in [0.2, 0.25) is 21.1 Å². The Balaban J connectivity index is 2.63. The molecule has 0 aromatic heterocycles. The third kappa shape index (κ3) is 5.14. The number of hydrogen-bond donors (Lipinski definition) is 0. The fourth-order valence-corrected chi connectivity index (χ4v) is 6.51. The number of methoxy groups -OCH3 is 1. The zero-order chi connectivity index (χ0) is 25.6. The van der Waals surface area contributed by atoms with Crippen LogP contribution < -0.4 is 9.22 Å². The van der Waals surface area contributed by atoms with Crippen LogP contribution in [0.3, 0.4) is 0 Å². The van der Waals surface area contributed by atoms with E-state index in [0.29, 0.717) is 22.6 Å². The first-order valence-electron chi connectivity index (χ1n) is 11.3. The van der Waals surface area contributed by atoms with Crippen LogP contribution in [-0.2, 0) is 9.84 Å². The molecule has 0 bridgehead atoms. The van der Waals surface area contributed by atoms with Gasteiger partial charge in [-0.3, -0.25) is 4.48 Å². The van der Waals surface area contributed by atoms with Gasteiger partial charge in [0.15, 0.2) is 15.5 Å². The lowest BCUT2D eigenvalue weighted by atomic mass is 9.92. The lowest BCUT2D eigenvalue weighted by molar-refractivity contribution is -0.947. The molecule has 1 heterocycles. The number of nitrogens with zero attached hydrogens (tertiary/aromatic N) is 3. The maximum Gasteiger partial charge on any atom is 0.350 e. The van der Waals surface area contributed by atoms with Crippen molar-refractivity contribution < 1.29 is 26.9 Å². The summed E-state index contributed by atoms with van der Waals surface area (Å²) in [7, 11) is 22.2. The molecule has 33 heavy (non-hydrogen) atoms. The zero-order valence-corrected chi connectivity index (χ0v) is 22.2. The minimum atomic E-state index is -3.68. The Bertz CT molecular complexity index is 1010. The Kier molecular flexibility index (Phi) is 7.53. The highest BCUT2D eigenvalue weighted by atomic mass is 32.2. The SMILES string of the molecule is [CH][N+](C)(CC1(C)CC(C)C[N+]1([CH])CC)C(=O)c1cc(S(=O)(=O)CC)c([N+]([CH])(C)C)cc1OC. The molecular weight excluding hydrogens is 438 g/mol. The Labute approximate surface area is 201 Å². The lowest BCUT2D eigenvalue weighted by Crippen LogP contribution is -2.63. The van der Waals surface area contributed by atoms with Gasteiger partial charge in [-0.05, 0) is 19.9 Å². The van der Waals surface area contributed by atoms with E-state index in [1.807, 2.05) is 6.92 Å². The molecule has 1 saturated heterocycles. The molecule has 1 fully saturated rings. The largest absolute Gasteiger partial charge is 0.496 e. The number of quaternary nitrogens is 3. The maximum absolute atomic E-state index is 13.8. The van der Waals surface area contributed by atoms with Crippen molar-refractivity contribution >= 4 is 21.4 Å². The van der Waals surface area contributed by atoms with E-state index in [1.54, 1.807) is 28.1 Å². The quantitative estimate of drug-likeness (QED) is 0.538. The molecule has 182 valence electrons. The van der Waals surface area contributed by atoms with Crippen LogP contribution in [0.1, 0.15) is 44.5 Å². The second-order valence-corrected chi connectivity index (χ2v) is 12.8. The van der Waals surface area contributed by atoms with Crippen molar-refractivity contribution in [3.8, 4) is 5.75 Å². The summed E-state index contributed by atoms with van der Waals surface area (Å²) in [6, 6.07) is 2.88. The number of hydrogen-bond acceptors (Lipinski definition) is 4. The van der Waals surface area contributed by atoms with Crippen LogP contribution in [0.15, 0.2) is 17.0 Å². The van der Waals surface area contributed by atoms with Crippen LogP contribution in [0.4, 0.5) is 5.69 Å². The number of ether oxygens (including phenoxy) is 1. The average molecular weight is 479 g/mol. The molecule has 0 N–H and O–H groups in total. The number of carbonyl (C=O) groups is 1. The van der Waals surface area contributed by atoms with E-state index in [1.165, 1.54) is 19.2 Å². The molecular formula is C25H40N3O4S+3.